The van der Waals surface area contributed by atoms with Crippen molar-refractivity contribution in [1.29, 1.82) is 0 Å². The van der Waals surface area contributed by atoms with Crippen LogP contribution in [0.5, 0.6) is 5.88 Å². The van der Waals surface area contributed by atoms with Crippen molar-refractivity contribution in [3.63, 3.8) is 0 Å². The van der Waals surface area contributed by atoms with Gasteiger partial charge in [-0.25, -0.2) is 5.10 Å². The lowest BCUT2D eigenvalue weighted by molar-refractivity contribution is 0.109. The fraction of sp³-hybridized carbons (Fsp3) is 0.600. The molecule has 5 heteroatoms. The molecule has 0 unspecified atom stereocenters. The van der Waals surface area contributed by atoms with Crippen molar-refractivity contribution in [2.45, 2.75) is 18.9 Å². The fourth-order valence-electron chi connectivity index (χ4n) is 1.67. The molecule has 1 aromatic heterocycles. The number of rotatable bonds is 2. The van der Waals surface area contributed by atoms with Gasteiger partial charge in [-0.3, -0.25) is 4.79 Å². The second-order valence-electron chi connectivity index (χ2n) is 3.88. The smallest absolute Gasteiger partial charge is 0.264 e. The van der Waals surface area contributed by atoms with Crippen molar-refractivity contribution < 1.29 is 4.74 Å². The van der Waals surface area contributed by atoms with E-state index in [2.05, 4.69) is 22.1 Å². The highest BCUT2D eigenvalue weighted by Crippen LogP contribution is 2.14. The van der Waals surface area contributed by atoms with Gasteiger partial charge in [0.05, 0.1) is 0 Å². The van der Waals surface area contributed by atoms with Crippen molar-refractivity contribution in [1.82, 2.24) is 15.1 Å². The van der Waals surface area contributed by atoms with Crippen LogP contribution in [0.4, 0.5) is 0 Å². The molecule has 1 fully saturated rings. The molecule has 0 spiro atoms. The Labute approximate surface area is 88.1 Å². The molecule has 15 heavy (non-hydrogen) atoms. The lowest BCUT2D eigenvalue weighted by Crippen LogP contribution is -2.35. The summed E-state index contributed by atoms with van der Waals surface area (Å²) in [5, 5.41) is 6.18. The lowest BCUT2D eigenvalue weighted by Gasteiger charge is -2.28. The second kappa shape index (κ2) is 4.44. The van der Waals surface area contributed by atoms with Gasteiger partial charge in [0.1, 0.15) is 6.10 Å². The number of hydrogen-bond acceptors (Lipinski definition) is 4. The van der Waals surface area contributed by atoms with Gasteiger partial charge in [0.25, 0.3) is 5.56 Å². The van der Waals surface area contributed by atoms with Crippen LogP contribution in [0.3, 0.4) is 0 Å². The van der Waals surface area contributed by atoms with E-state index in [1.165, 1.54) is 6.07 Å². The highest BCUT2D eigenvalue weighted by molar-refractivity contribution is 5.06. The number of ether oxygens (including phenoxy) is 1. The average Bonchev–Trinajstić information content (AvgIpc) is 2.25. The third-order valence-corrected chi connectivity index (χ3v) is 2.61. The first-order valence-electron chi connectivity index (χ1n) is 5.15. The zero-order valence-corrected chi connectivity index (χ0v) is 8.77. The van der Waals surface area contributed by atoms with Crippen LogP contribution in [0.15, 0.2) is 16.9 Å². The van der Waals surface area contributed by atoms with Crippen LogP contribution < -0.4 is 10.3 Å². The zero-order chi connectivity index (χ0) is 10.7. The average molecular weight is 209 g/mol. The fourth-order valence-corrected chi connectivity index (χ4v) is 1.67. The standard InChI is InChI=1S/C10H15N3O2/c1-13-6-4-8(5-7-13)15-10-3-2-9(14)11-12-10/h2-3,8H,4-7H2,1H3,(H,11,14). The molecule has 0 amide bonds. The number of aromatic nitrogens is 2. The molecule has 0 aromatic carbocycles. The molecule has 82 valence electrons. The Morgan fingerprint density at radius 2 is 2.20 bits per heavy atom. The van der Waals surface area contributed by atoms with Crippen LogP contribution in [0.1, 0.15) is 12.8 Å². The topological polar surface area (TPSA) is 58.2 Å². The van der Waals surface area contributed by atoms with Gasteiger partial charge in [0.2, 0.25) is 5.88 Å². The highest BCUT2D eigenvalue weighted by atomic mass is 16.5. The summed E-state index contributed by atoms with van der Waals surface area (Å²) in [5.41, 5.74) is -0.203. The third-order valence-electron chi connectivity index (χ3n) is 2.61. The molecule has 0 radical (unpaired) electrons. The number of nitrogens with zero attached hydrogens (tertiary/aromatic N) is 2. The maximum atomic E-state index is 10.8. The van der Waals surface area contributed by atoms with E-state index in [0.717, 1.165) is 25.9 Å². The molecule has 0 bridgehead atoms. The van der Waals surface area contributed by atoms with Crippen molar-refractivity contribution in [3.8, 4) is 5.88 Å². The summed E-state index contributed by atoms with van der Waals surface area (Å²) >= 11 is 0. The van der Waals surface area contributed by atoms with Crippen molar-refractivity contribution in [2.24, 2.45) is 0 Å². The van der Waals surface area contributed by atoms with E-state index in [-0.39, 0.29) is 11.7 Å². The first-order chi connectivity index (χ1) is 7.24. The molecule has 0 atom stereocenters. The Kier molecular flexibility index (Phi) is 3.01. The largest absolute Gasteiger partial charge is 0.473 e. The predicted octanol–water partition coefficient (Wildman–Crippen LogP) is 0.243. The zero-order valence-electron chi connectivity index (χ0n) is 8.77. The Hall–Kier alpha value is -1.36. The minimum absolute atomic E-state index is 0.203. The number of nitrogens with one attached hydrogen (secondary N) is 1. The summed E-state index contributed by atoms with van der Waals surface area (Å²) in [5.74, 6) is 0.504. The van der Waals surface area contributed by atoms with Crippen molar-refractivity contribution >= 4 is 0 Å². The van der Waals surface area contributed by atoms with Crippen LogP contribution in [-0.2, 0) is 0 Å². The Morgan fingerprint density at radius 1 is 1.47 bits per heavy atom. The molecular formula is C10H15N3O2. The first kappa shape index (κ1) is 10.2. The summed E-state index contributed by atoms with van der Waals surface area (Å²) in [7, 11) is 2.11. The van der Waals surface area contributed by atoms with E-state index in [0.29, 0.717) is 5.88 Å². The summed E-state index contributed by atoms with van der Waals surface area (Å²) < 4.78 is 5.65. The Balaban J connectivity index is 1.92. The number of likely N-dealkylation sites (tertiary alicyclic amines) is 1. The van der Waals surface area contributed by atoms with Gasteiger partial charge >= 0.3 is 0 Å². The lowest BCUT2D eigenvalue weighted by atomic mass is 10.1. The molecule has 1 aromatic rings. The molecule has 1 N–H and O–H groups in total. The van der Waals surface area contributed by atoms with E-state index >= 15 is 0 Å². The Morgan fingerprint density at radius 3 is 2.80 bits per heavy atom. The van der Waals surface area contributed by atoms with Gasteiger partial charge in [-0.2, -0.15) is 0 Å². The van der Waals surface area contributed by atoms with E-state index in [4.69, 9.17) is 4.74 Å². The van der Waals surface area contributed by atoms with Crippen LogP contribution in [0.2, 0.25) is 0 Å². The first-order valence-corrected chi connectivity index (χ1v) is 5.15. The van der Waals surface area contributed by atoms with Crippen molar-refractivity contribution in [3.05, 3.63) is 22.5 Å². The van der Waals surface area contributed by atoms with E-state index < -0.39 is 0 Å². The minimum Gasteiger partial charge on any atom is -0.473 e. The summed E-state index contributed by atoms with van der Waals surface area (Å²) in [6.45, 7) is 2.10. The quantitative estimate of drug-likeness (QED) is 0.758. The van der Waals surface area contributed by atoms with Gasteiger partial charge < -0.3 is 9.64 Å². The van der Waals surface area contributed by atoms with Crippen LogP contribution in [-0.4, -0.2) is 41.3 Å². The van der Waals surface area contributed by atoms with Gasteiger partial charge in [0, 0.05) is 25.2 Å². The summed E-state index contributed by atoms with van der Waals surface area (Å²) in [6, 6.07) is 3.04. The highest BCUT2D eigenvalue weighted by Gasteiger charge is 2.18. The molecule has 2 heterocycles. The SMILES string of the molecule is CN1CCC(Oc2ccc(=O)[nH]n2)CC1. The predicted molar refractivity (Wildman–Crippen MR) is 56.0 cm³/mol. The molecule has 1 aliphatic heterocycles. The van der Waals surface area contributed by atoms with Gasteiger partial charge in [0.15, 0.2) is 0 Å². The molecule has 2 rings (SSSR count). The van der Waals surface area contributed by atoms with Gasteiger partial charge in [-0.15, -0.1) is 5.10 Å². The van der Waals surface area contributed by atoms with E-state index in [9.17, 15) is 4.79 Å². The van der Waals surface area contributed by atoms with Gasteiger partial charge in [-0.1, -0.05) is 0 Å². The van der Waals surface area contributed by atoms with Crippen molar-refractivity contribution in [2.75, 3.05) is 20.1 Å². The molecule has 0 aliphatic carbocycles. The summed E-state index contributed by atoms with van der Waals surface area (Å²) in [6.07, 6.45) is 2.24. The number of hydrogen-bond donors (Lipinski definition) is 1. The van der Waals surface area contributed by atoms with E-state index in [1.54, 1.807) is 6.07 Å². The van der Waals surface area contributed by atoms with E-state index in [1.807, 2.05) is 0 Å². The molecule has 1 aliphatic rings. The summed E-state index contributed by atoms with van der Waals surface area (Å²) in [4.78, 5) is 13.1. The maximum absolute atomic E-state index is 10.8. The molecule has 5 nitrogen and oxygen atoms in total. The number of aromatic amines is 1. The van der Waals surface area contributed by atoms with Crippen LogP contribution in [0.25, 0.3) is 0 Å². The third kappa shape index (κ3) is 2.79. The number of piperidine rings is 1. The maximum Gasteiger partial charge on any atom is 0.264 e. The molecule has 1 saturated heterocycles. The Bertz CT molecular complexity index is 349. The van der Waals surface area contributed by atoms with Crippen LogP contribution in [0, 0.1) is 0 Å². The minimum atomic E-state index is -0.203. The van der Waals surface area contributed by atoms with Gasteiger partial charge in [-0.05, 0) is 19.9 Å². The van der Waals surface area contributed by atoms with Crippen LogP contribution >= 0.6 is 0 Å². The monoisotopic (exact) mass is 209 g/mol. The second-order valence-corrected chi connectivity index (χ2v) is 3.88. The molecular weight excluding hydrogens is 194 g/mol. The molecule has 0 saturated carbocycles. The normalized spacial score (nSPS) is 19.0. The number of H-pyrrole nitrogens is 1.